The van der Waals surface area contributed by atoms with Crippen LogP contribution in [0.15, 0.2) is 12.7 Å². The monoisotopic (exact) mass is 837 g/mol. The van der Waals surface area contributed by atoms with E-state index in [0.29, 0.717) is 12.4 Å². The first-order chi connectivity index (χ1) is 24.6. The standard InChI is InChI=1S/C24H38N7O18P3S/c1-24(2,18(34)21(35)27-4-3-14(32)26-5-6-53-23(36)13-7-44-13)9-46-52(42,43)49-51(40,41)45-8-12-17(48-50(37,38)39)16(33)22(47-12)31-11-30-15-19(25)28-10-29-20(15)31/h10-13,16-18,22,33-34H,3-9H2,1-2H3,(H,26,32)(H,27,35)(H,40,41)(H,42,43)(H2,25,28,29)(H2,37,38,39)/t12-,13?,16-,17-,18+,22-/m1/s1. The van der Waals surface area contributed by atoms with E-state index in [-0.39, 0.29) is 41.6 Å². The zero-order valence-electron chi connectivity index (χ0n) is 27.8. The van der Waals surface area contributed by atoms with Crippen LogP contribution in [0.25, 0.3) is 11.2 Å². The van der Waals surface area contributed by atoms with Crippen LogP contribution >= 0.6 is 35.2 Å². The Bertz CT molecular complexity index is 1790. The molecule has 2 aliphatic heterocycles. The number of carbonyl (C=O) groups is 3. The van der Waals surface area contributed by atoms with E-state index in [9.17, 15) is 57.9 Å². The molecule has 298 valence electrons. The van der Waals surface area contributed by atoms with Gasteiger partial charge in [0.2, 0.25) is 16.9 Å². The van der Waals surface area contributed by atoms with E-state index >= 15 is 0 Å². The maximum absolute atomic E-state index is 12.6. The molecule has 2 fully saturated rings. The maximum Gasteiger partial charge on any atom is 0.481 e. The van der Waals surface area contributed by atoms with Crippen LogP contribution in [0.3, 0.4) is 0 Å². The van der Waals surface area contributed by atoms with Crippen molar-refractivity contribution in [3.8, 4) is 0 Å². The largest absolute Gasteiger partial charge is 0.481 e. The molecule has 0 aliphatic carbocycles. The molecule has 0 spiro atoms. The minimum absolute atomic E-state index is 0.0296. The van der Waals surface area contributed by atoms with E-state index in [4.69, 9.17) is 24.3 Å². The van der Waals surface area contributed by atoms with Gasteiger partial charge in [-0.2, -0.15) is 4.31 Å². The van der Waals surface area contributed by atoms with Crippen LogP contribution in [-0.2, 0) is 55.4 Å². The number of nitrogens with two attached hydrogens (primary N) is 1. The van der Waals surface area contributed by atoms with Gasteiger partial charge in [-0.25, -0.2) is 28.6 Å². The van der Waals surface area contributed by atoms with Crippen molar-refractivity contribution >= 4 is 69.1 Å². The fourth-order valence-corrected chi connectivity index (χ4v) is 8.12. The van der Waals surface area contributed by atoms with Gasteiger partial charge in [-0.05, 0) is 0 Å². The Kier molecular flexibility index (Phi) is 14.3. The van der Waals surface area contributed by atoms with Gasteiger partial charge in [-0.3, -0.25) is 32.5 Å². The van der Waals surface area contributed by atoms with Gasteiger partial charge in [-0.1, -0.05) is 25.6 Å². The molecule has 53 heavy (non-hydrogen) atoms. The van der Waals surface area contributed by atoms with Gasteiger partial charge in [0.25, 0.3) is 0 Å². The SMILES string of the molecule is CC(C)(COP(=O)(O)OP(=O)(O)OC[C@H]1O[C@@H](n2cnc3c(N)ncnc32)[C@H](O)[C@@H]1OP(=O)(O)O)[C@@H](O)C(=O)NCCC(=O)NCCSC(=O)C1CO1. The third-order valence-electron chi connectivity index (χ3n) is 7.34. The van der Waals surface area contributed by atoms with Crippen molar-refractivity contribution < 1.29 is 85.2 Å². The van der Waals surface area contributed by atoms with Crippen LogP contribution in [0.1, 0.15) is 26.5 Å². The maximum atomic E-state index is 12.6. The predicted molar refractivity (Wildman–Crippen MR) is 177 cm³/mol. The number of aromatic nitrogens is 4. The normalized spacial score (nSPS) is 24.6. The van der Waals surface area contributed by atoms with Crippen molar-refractivity contribution in [1.82, 2.24) is 30.2 Å². The number of phosphoric ester groups is 3. The number of nitrogens with zero attached hydrogens (tertiary/aromatic N) is 4. The number of imidazole rings is 1. The number of nitrogens with one attached hydrogen (secondary N) is 2. The van der Waals surface area contributed by atoms with Crippen LogP contribution in [-0.4, -0.2) is 135 Å². The summed E-state index contributed by atoms with van der Waals surface area (Å²) in [6, 6.07) is 0. The summed E-state index contributed by atoms with van der Waals surface area (Å²) in [6.07, 6.45) is -7.31. The van der Waals surface area contributed by atoms with Crippen LogP contribution in [0.5, 0.6) is 0 Å². The quantitative estimate of drug-likeness (QED) is 0.0398. The van der Waals surface area contributed by atoms with E-state index in [1.54, 1.807) is 0 Å². The first kappa shape index (κ1) is 43.3. The van der Waals surface area contributed by atoms with Crippen molar-refractivity contribution in [2.75, 3.05) is 44.4 Å². The molecule has 2 aromatic rings. The van der Waals surface area contributed by atoms with Crippen molar-refractivity contribution in [3.05, 3.63) is 12.7 Å². The lowest BCUT2D eigenvalue weighted by atomic mass is 9.87. The van der Waals surface area contributed by atoms with Crippen molar-refractivity contribution in [2.45, 2.75) is 57.0 Å². The molecule has 0 saturated carbocycles. The average Bonchev–Trinajstić information content (AvgIpc) is 3.76. The number of anilines is 1. The number of rotatable bonds is 20. The topological polar surface area (TPSA) is 376 Å². The van der Waals surface area contributed by atoms with E-state index in [1.165, 1.54) is 13.8 Å². The van der Waals surface area contributed by atoms with Gasteiger partial charge in [0, 0.05) is 30.7 Å². The van der Waals surface area contributed by atoms with Gasteiger partial charge < -0.3 is 55.6 Å². The highest BCUT2D eigenvalue weighted by Crippen LogP contribution is 2.61. The third kappa shape index (κ3) is 12.5. The van der Waals surface area contributed by atoms with Gasteiger partial charge >= 0.3 is 23.5 Å². The molecule has 0 bridgehead atoms. The molecule has 0 radical (unpaired) electrons. The third-order valence-corrected chi connectivity index (χ3v) is 11.4. The number of carbonyl (C=O) groups excluding carboxylic acids is 3. The molecule has 0 aromatic carbocycles. The summed E-state index contributed by atoms with van der Waals surface area (Å²) >= 11 is 1.02. The van der Waals surface area contributed by atoms with E-state index in [0.717, 1.165) is 29.0 Å². The van der Waals surface area contributed by atoms with Gasteiger partial charge in [0.05, 0.1) is 26.1 Å². The molecule has 10 N–H and O–H groups in total. The Morgan fingerprint density at radius 1 is 1.09 bits per heavy atom. The minimum atomic E-state index is -5.56. The number of ether oxygens (including phenoxy) is 2. The first-order valence-electron chi connectivity index (χ1n) is 15.3. The number of amides is 2. The van der Waals surface area contributed by atoms with Gasteiger partial charge in [0.15, 0.2) is 17.7 Å². The number of phosphoric acid groups is 3. The van der Waals surface area contributed by atoms with Crippen molar-refractivity contribution in [3.63, 3.8) is 0 Å². The fourth-order valence-electron chi connectivity index (χ4n) is 4.56. The number of thioether (sulfide) groups is 1. The molecule has 4 rings (SSSR count). The number of epoxide rings is 1. The second-order valence-electron chi connectivity index (χ2n) is 12.1. The molecule has 4 heterocycles. The van der Waals surface area contributed by atoms with Gasteiger partial charge in [0.1, 0.15) is 42.4 Å². The number of nitrogen functional groups attached to an aromatic ring is 1. The first-order valence-corrected chi connectivity index (χ1v) is 20.8. The molecule has 25 nitrogen and oxygen atoms in total. The fraction of sp³-hybridized carbons (Fsp3) is 0.667. The zero-order chi connectivity index (χ0) is 39.4. The molecular weight excluding hydrogens is 799 g/mol. The molecule has 2 aromatic heterocycles. The number of fused-ring (bicyclic) bond motifs is 1. The Hall–Kier alpha value is -2.48. The lowest BCUT2D eigenvalue weighted by Gasteiger charge is -2.30. The van der Waals surface area contributed by atoms with E-state index in [2.05, 4.69) is 34.4 Å². The summed E-state index contributed by atoms with van der Waals surface area (Å²) in [6.45, 7) is 0.852. The summed E-state index contributed by atoms with van der Waals surface area (Å²) in [5.41, 5.74) is 4.25. The summed E-state index contributed by atoms with van der Waals surface area (Å²) in [7, 11) is -16.4. The predicted octanol–water partition coefficient (Wildman–Crippen LogP) is -1.94. The Balaban J connectivity index is 1.25. The molecule has 2 aliphatic rings. The second-order valence-corrected chi connectivity index (χ2v) is 17.4. The number of hydrogen-bond acceptors (Lipinski definition) is 19. The lowest BCUT2D eigenvalue weighted by molar-refractivity contribution is -0.137. The average molecular weight is 838 g/mol. The second kappa shape index (κ2) is 17.5. The molecule has 29 heteroatoms. The molecular formula is C24H38N7O18P3S. The van der Waals surface area contributed by atoms with E-state index in [1.807, 2.05) is 0 Å². The van der Waals surface area contributed by atoms with Crippen LogP contribution < -0.4 is 16.4 Å². The Morgan fingerprint density at radius 2 is 1.77 bits per heavy atom. The lowest BCUT2D eigenvalue weighted by Crippen LogP contribution is -2.46. The minimum Gasteiger partial charge on any atom is -0.386 e. The number of hydrogen-bond donors (Lipinski definition) is 9. The Morgan fingerprint density at radius 3 is 2.43 bits per heavy atom. The van der Waals surface area contributed by atoms with Crippen molar-refractivity contribution in [2.24, 2.45) is 5.41 Å². The summed E-state index contributed by atoms with van der Waals surface area (Å²) in [5, 5.41) is 26.1. The van der Waals surface area contributed by atoms with Gasteiger partial charge in [-0.15, -0.1) is 0 Å². The number of aliphatic hydroxyl groups excluding tert-OH is 2. The van der Waals surface area contributed by atoms with E-state index < -0.39 is 90.7 Å². The summed E-state index contributed by atoms with van der Waals surface area (Å²) < 4.78 is 66.8. The highest BCUT2D eigenvalue weighted by atomic mass is 32.2. The molecule has 2 saturated heterocycles. The van der Waals surface area contributed by atoms with Crippen LogP contribution in [0.4, 0.5) is 5.82 Å². The number of aliphatic hydroxyl groups is 2. The summed E-state index contributed by atoms with van der Waals surface area (Å²) in [4.78, 5) is 86.8. The molecule has 8 atom stereocenters. The molecule has 2 amide bonds. The zero-order valence-corrected chi connectivity index (χ0v) is 31.3. The molecule has 3 unspecified atom stereocenters. The summed E-state index contributed by atoms with van der Waals surface area (Å²) in [5.74, 6) is -1.14. The smallest absolute Gasteiger partial charge is 0.386 e. The highest BCUT2D eigenvalue weighted by molar-refractivity contribution is 8.13. The van der Waals surface area contributed by atoms with Crippen LogP contribution in [0, 0.1) is 5.41 Å². The van der Waals surface area contributed by atoms with Crippen LogP contribution in [0.2, 0.25) is 0 Å². The van der Waals surface area contributed by atoms with Crippen molar-refractivity contribution in [1.29, 1.82) is 0 Å². The highest BCUT2D eigenvalue weighted by Gasteiger charge is 2.50. The Labute approximate surface area is 303 Å².